The van der Waals surface area contributed by atoms with Crippen LogP contribution < -0.4 is 5.32 Å². The molecule has 0 aromatic heterocycles. The van der Waals surface area contributed by atoms with Crippen LogP contribution in [0.4, 0.5) is 0 Å². The summed E-state index contributed by atoms with van der Waals surface area (Å²) in [5.41, 5.74) is 1.22. The second kappa shape index (κ2) is 6.77. The summed E-state index contributed by atoms with van der Waals surface area (Å²) < 4.78 is 1.08. The number of hydrogen-bond acceptors (Lipinski definition) is 2. The maximum atomic E-state index is 11.4. The van der Waals surface area contributed by atoms with Gasteiger partial charge in [-0.05, 0) is 24.6 Å². The van der Waals surface area contributed by atoms with Gasteiger partial charge in [0.05, 0.1) is 0 Å². The minimum Gasteiger partial charge on any atom is -0.349 e. The van der Waals surface area contributed by atoms with E-state index in [4.69, 9.17) is 0 Å². The highest BCUT2D eigenvalue weighted by molar-refractivity contribution is 9.10. The molecule has 0 bridgehead atoms. The van der Waals surface area contributed by atoms with Crippen molar-refractivity contribution in [2.24, 2.45) is 0 Å². The third kappa shape index (κ3) is 4.88. The number of nitrogens with zero attached hydrogens (tertiary/aromatic N) is 1. The largest absolute Gasteiger partial charge is 0.349 e. The van der Waals surface area contributed by atoms with Crippen molar-refractivity contribution in [2.75, 3.05) is 20.6 Å². The fourth-order valence-electron chi connectivity index (χ4n) is 1.51. The maximum Gasteiger partial charge on any atom is 0.223 e. The van der Waals surface area contributed by atoms with Gasteiger partial charge in [0.2, 0.25) is 5.91 Å². The zero-order valence-electron chi connectivity index (χ0n) is 10.5. The first-order chi connectivity index (χ1) is 8.00. The second-order valence-electron chi connectivity index (χ2n) is 4.27. The molecule has 0 radical (unpaired) electrons. The van der Waals surface area contributed by atoms with E-state index in [0.717, 1.165) is 4.47 Å². The van der Waals surface area contributed by atoms with Gasteiger partial charge in [-0.2, -0.15) is 0 Å². The molecule has 1 amide bonds. The number of rotatable bonds is 5. The highest BCUT2D eigenvalue weighted by Crippen LogP contribution is 2.17. The number of halogens is 1. The molecule has 17 heavy (non-hydrogen) atoms. The average molecular weight is 299 g/mol. The summed E-state index contributed by atoms with van der Waals surface area (Å²) in [6.45, 7) is 2.80. The third-order valence-corrected chi connectivity index (χ3v) is 3.13. The van der Waals surface area contributed by atoms with Gasteiger partial charge in [-0.3, -0.25) is 4.79 Å². The predicted molar refractivity (Wildman–Crippen MR) is 73.9 cm³/mol. The summed E-state index contributed by atoms with van der Waals surface area (Å²) in [6, 6.07) is 8.44. The molecule has 0 fully saturated rings. The maximum absolute atomic E-state index is 11.4. The Bertz CT molecular complexity index is 379. The molecular formula is C13H19BrN2O. The molecule has 1 aromatic carbocycles. The van der Waals surface area contributed by atoms with Crippen LogP contribution in [0, 0.1) is 0 Å². The Kier molecular flexibility index (Phi) is 5.65. The van der Waals surface area contributed by atoms with Gasteiger partial charge in [-0.25, -0.2) is 0 Å². The first kappa shape index (κ1) is 14.2. The number of benzene rings is 1. The molecule has 0 saturated heterocycles. The van der Waals surface area contributed by atoms with Crippen LogP contribution in [0.3, 0.4) is 0 Å². The van der Waals surface area contributed by atoms with E-state index in [1.165, 1.54) is 5.56 Å². The molecule has 1 unspecified atom stereocenters. The van der Waals surface area contributed by atoms with E-state index in [9.17, 15) is 4.79 Å². The van der Waals surface area contributed by atoms with Crippen molar-refractivity contribution in [3.8, 4) is 0 Å². The molecule has 0 spiro atoms. The first-order valence-corrected chi connectivity index (χ1v) is 6.49. The van der Waals surface area contributed by atoms with Crippen LogP contribution in [0.2, 0.25) is 0 Å². The van der Waals surface area contributed by atoms with Crippen LogP contribution in [0.5, 0.6) is 0 Å². The van der Waals surface area contributed by atoms with Crippen molar-refractivity contribution in [2.45, 2.75) is 19.4 Å². The predicted octanol–water partition coefficient (Wildman–Crippen LogP) is 2.58. The minimum atomic E-state index is 0.152. The summed E-state index contributed by atoms with van der Waals surface area (Å²) in [6.07, 6.45) is 0.533. The van der Waals surface area contributed by atoms with Crippen molar-refractivity contribution in [3.05, 3.63) is 34.3 Å². The fourth-order valence-corrected chi connectivity index (χ4v) is 1.93. The summed E-state index contributed by atoms with van der Waals surface area (Å²) in [5.74, 6) is 0.152. The van der Waals surface area contributed by atoms with Crippen molar-refractivity contribution >= 4 is 21.8 Å². The summed E-state index contributed by atoms with van der Waals surface area (Å²) >= 11 is 3.45. The summed E-state index contributed by atoms with van der Waals surface area (Å²) in [7, 11) is 3.56. The van der Waals surface area contributed by atoms with Gasteiger partial charge >= 0.3 is 0 Å². The smallest absolute Gasteiger partial charge is 0.223 e. The molecule has 1 rings (SSSR count). The Labute approximate surface area is 111 Å². The number of carbonyl (C=O) groups excluding carboxylic acids is 1. The van der Waals surface area contributed by atoms with Crippen molar-refractivity contribution in [1.29, 1.82) is 0 Å². The van der Waals surface area contributed by atoms with Crippen LogP contribution in [-0.4, -0.2) is 31.4 Å². The number of carbonyl (C=O) groups is 1. The Hall–Kier alpha value is -0.870. The summed E-state index contributed by atoms with van der Waals surface area (Å²) in [5, 5.41) is 3.34. The van der Waals surface area contributed by atoms with E-state index < -0.39 is 0 Å². The van der Waals surface area contributed by atoms with Crippen LogP contribution in [0.1, 0.15) is 24.9 Å². The molecule has 4 heteroatoms. The van der Waals surface area contributed by atoms with Crippen molar-refractivity contribution < 1.29 is 4.79 Å². The van der Waals surface area contributed by atoms with Crippen LogP contribution in [0.15, 0.2) is 28.7 Å². The normalized spacial score (nSPS) is 12.2. The molecule has 0 aliphatic carbocycles. The fraction of sp³-hybridized carbons (Fsp3) is 0.462. The topological polar surface area (TPSA) is 32.3 Å². The Morgan fingerprint density at radius 1 is 1.47 bits per heavy atom. The third-order valence-electron chi connectivity index (χ3n) is 2.64. The molecule has 0 aliphatic heterocycles. The zero-order valence-corrected chi connectivity index (χ0v) is 12.1. The number of nitrogens with one attached hydrogen (secondary N) is 1. The van der Waals surface area contributed by atoms with E-state index in [1.807, 2.05) is 12.1 Å². The lowest BCUT2D eigenvalue weighted by Gasteiger charge is -2.15. The molecule has 3 nitrogen and oxygen atoms in total. The SMILES string of the molecule is CC(NCCC(=O)N(C)C)c1cccc(Br)c1. The lowest BCUT2D eigenvalue weighted by Crippen LogP contribution is -2.28. The molecule has 1 aromatic rings. The molecule has 94 valence electrons. The van der Waals surface area contributed by atoms with E-state index in [2.05, 4.69) is 40.3 Å². The molecular weight excluding hydrogens is 280 g/mol. The van der Waals surface area contributed by atoms with E-state index >= 15 is 0 Å². The standard InChI is InChI=1S/C13H19BrN2O/c1-10(11-5-4-6-12(14)9-11)15-8-7-13(17)16(2)3/h4-6,9-10,15H,7-8H2,1-3H3. The lowest BCUT2D eigenvalue weighted by molar-refractivity contribution is -0.128. The number of hydrogen-bond donors (Lipinski definition) is 1. The second-order valence-corrected chi connectivity index (χ2v) is 5.18. The molecule has 1 N–H and O–H groups in total. The highest BCUT2D eigenvalue weighted by Gasteiger charge is 2.07. The van der Waals surface area contributed by atoms with Crippen LogP contribution >= 0.6 is 15.9 Å². The monoisotopic (exact) mass is 298 g/mol. The van der Waals surface area contributed by atoms with E-state index in [1.54, 1.807) is 19.0 Å². The molecule has 0 saturated carbocycles. The van der Waals surface area contributed by atoms with Crippen LogP contribution in [0.25, 0.3) is 0 Å². The van der Waals surface area contributed by atoms with Gasteiger partial charge in [0, 0.05) is 37.6 Å². The van der Waals surface area contributed by atoms with E-state index in [-0.39, 0.29) is 11.9 Å². The Balaban J connectivity index is 2.40. The van der Waals surface area contributed by atoms with Gasteiger partial charge in [0.25, 0.3) is 0 Å². The van der Waals surface area contributed by atoms with Crippen LogP contribution in [-0.2, 0) is 4.79 Å². The highest BCUT2D eigenvalue weighted by atomic mass is 79.9. The number of amides is 1. The Morgan fingerprint density at radius 3 is 2.76 bits per heavy atom. The molecule has 0 aliphatic rings. The van der Waals surface area contributed by atoms with Gasteiger partial charge in [-0.1, -0.05) is 28.1 Å². The van der Waals surface area contributed by atoms with Gasteiger partial charge in [0.1, 0.15) is 0 Å². The van der Waals surface area contributed by atoms with E-state index in [0.29, 0.717) is 13.0 Å². The van der Waals surface area contributed by atoms with Crippen molar-refractivity contribution in [3.63, 3.8) is 0 Å². The van der Waals surface area contributed by atoms with Gasteiger partial charge in [-0.15, -0.1) is 0 Å². The van der Waals surface area contributed by atoms with Crippen molar-refractivity contribution in [1.82, 2.24) is 10.2 Å². The first-order valence-electron chi connectivity index (χ1n) is 5.69. The lowest BCUT2D eigenvalue weighted by atomic mass is 10.1. The average Bonchev–Trinajstić information content (AvgIpc) is 2.28. The zero-order chi connectivity index (χ0) is 12.8. The molecule has 0 heterocycles. The quantitative estimate of drug-likeness (QED) is 0.906. The Morgan fingerprint density at radius 2 is 2.18 bits per heavy atom. The molecule has 1 atom stereocenters. The minimum absolute atomic E-state index is 0.152. The summed E-state index contributed by atoms with van der Waals surface area (Å²) in [4.78, 5) is 13.0. The van der Waals surface area contributed by atoms with Gasteiger partial charge < -0.3 is 10.2 Å². The van der Waals surface area contributed by atoms with Gasteiger partial charge in [0.15, 0.2) is 0 Å².